The maximum Gasteiger partial charge on any atom is 0.123 e. The number of rotatable bonds is 2. The Morgan fingerprint density at radius 3 is 2.40 bits per heavy atom. The van der Waals surface area contributed by atoms with E-state index in [1.165, 1.54) is 17.7 Å². The second kappa shape index (κ2) is 3.85. The van der Waals surface area contributed by atoms with Crippen LogP contribution in [0.3, 0.4) is 0 Å². The van der Waals surface area contributed by atoms with Gasteiger partial charge in [-0.3, -0.25) is 0 Å². The van der Waals surface area contributed by atoms with Gasteiger partial charge in [-0.2, -0.15) is 5.10 Å². The van der Waals surface area contributed by atoms with Gasteiger partial charge in [-0.25, -0.2) is 9.07 Å². The Morgan fingerprint density at radius 2 is 1.87 bits per heavy atom. The summed E-state index contributed by atoms with van der Waals surface area (Å²) in [6.45, 7) is 4.23. The highest BCUT2D eigenvalue weighted by Gasteiger charge is 2.03. The van der Waals surface area contributed by atoms with Crippen molar-refractivity contribution in [2.24, 2.45) is 0 Å². The van der Waals surface area contributed by atoms with E-state index in [1.54, 1.807) is 16.8 Å². The van der Waals surface area contributed by atoms with Crippen LogP contribution in [0.4, 0.5) is 4.39 Å². The molecule has 0 N–H and O–H groups in total. The quantitative estimate of drug-likeness (QED) is 0.734. The van der Waals surface area contributed by atoms with Gasteiger partial charge in [0.2, 0.25) is 0 Å². The van der Waals surface area contributed by atoms with Gasteiger partial charge in [-0.15, -0.1) is 0 Å². The summed E-state index contributed by atoms with van der Waals surface area (Å²) in [6.07, 6.45) is 3.81. The number of benzene rings is 1. The molecule has 0 unspecified atom stereocenters. The Labute approximate surface area is 88.4 Å². The molecule has 0 saturated carbocycles. The molecule has 0 saturated heterocycles. The molecule has 0 radical (unpaired) electrons. The first-order chi connectivity index (χ1) is 7.16. The summed E-state index contributed by atoms with van der Waals surface area (Å²) in [5, 5.41) is 4.23. The fourth-order valence-electron chi connectivity index (χ4n) is 1.37. The summed E-state index contributed by atoms with van der Waals surface area (Å²) in [5.74, 6) is 0.231. The minimum absolute atomic E-state index is 0.227. The van der Waals surface area contributed by atoms with Crippen molar-refractivity contribution in [3.8, 4) is 5.69 Å². The van der Waals surface area contributed by atoms with Crippen molar-refractivity contribution in [3.63, 3.8) is 0 Å². The maximum absolute atomic E-state index is 12.7. The van der Waals surface area contributed by atoms with Crippen molar-refractivity contribution in [1.29, 1.82) is 0 Å². The second-order valence-electron chi connectivity index (χ2n) is 3.85. The molecule has 0 fully saturated rings. The van der Waals surface area contributed by atoms with E-state index >= 15 is 0 Å². The monoisotopic (exact) mass is 204 g/mol. The largest absolute Gasteiger partial charge is 0.241 e. The zero-order valence-corrected chi connectivity index (χ0v) is 8.81. The zero-order valence-electron chi connectivity index (χ0n) is 8.81. The van der Waals surface area contributed by atoms with E-state index in [9.17, 15) is 4.39 Å². The lowest BCUT2D eigenvalue weighted by atomic mass is 10.1. The fraction of sp³-hybridized carbons (Fsp3) is 0.250. The van der Waals surface area contributed by atoms with E-state index in [2.05, 4.69) is 18.9 Å². The Kier molecular flexibility index (Phi) is 2.54. The minimum atomic E-state index is -0.227. The third-order valence-corrected chi connectivity index (χ3v) is 2.36. The van der Waals surface area contributed by atoms with Crippen LogP contribution < -0.4 is 0 Å². The second-order valence-corrected chi connectivity index (χ2v) is 3.85. The highest BCUT2D eigenvalue weighted by Crippen LogP contribution is 2.15. The van der Waals surface area contributed by atoms with Crippen LogP contribution in [0.2, 0.25) is 0 Å². The van der Waals surface area contributed by atoms with Gasteiger partial charge in [0.1, 0.15) is 5.82 Å². The van der Waals surface area contributed by atoms with Crippen molar-refractivity contribution in [2.75, 3.05) is 0 Å². The molecule has 3 heteroatoms. The number of halogens is 1. The van der Waals surface area contributed by atoms with E-state index in [-0.39, 0.29) is 5.82 Å². The third kappa shape index (κ3) is 2.06. The molecule has 0 bridgehead atoms. The molecule has 0 aliphatic rings. The molecule has 0 atom stereocenters. The van der Waals surface area contributed by atoms with Crippen LogP contribution >= 0.6 is 0 Å². The van der Waals surface area contributed by atoms with Crippen LogP contribution in [-0.4, -0.2) is 9.78 Å². The fourth-order valence-corrected chi connectivity index (χ4v) is 1.37. The molecule has 1 aromatic carbocycles. The molecule has 0 aliphatic carbocycles. The first-order valence-electron chi connectivity index (χ1n) is 4.97. The topological polar surface area (TPSA) is 17.8 Å². The van der Waals surface area contributed by atoms with Gasteiger partial charge in [0.15, 0.2) is 0 Å². The smallest absolute Gasteiger partial charge is 0.123 e. The van der Waals surface area contributed by atoms with Crippen molar-refractivity contribution < 1.29 is 4.39 Å². The number of hydrogen-bond acceptors (Lipinski definition) is 1. The third-order valence-electron chi connectivity index (χ3n) is 2.36. The van der Waals surface area contributed by atoms with Gasteiger partial charge < -0.3 is 0 Å². The van der Waals surface area contributed by atoms with E-state index < -0.39 is 0 Å². The molecular formula is C12H13FN2. The molecule has 1 heterocycles. The Bertz CT molecular complexity index is 443. The highest BCUT2D eigenvalue weighted by atomic mass is 19.1. The van der Waals surface area contributed by atoms with Gasteiger partial charge in [0, 0.05) is 6.20 Å². The van der Waals surface area contributed by atoms with Crippen LogP contribution in [0.25, 0.3) is 5.69 Å². The lowest BCUT2D eigenvalue weighted by Crippen LogP contribution is -1.93. The summed E-state index contributed by atoms with van der Waals surface area (Å²) >= 11 is 0. The zero-order chi connectivity index (χ0) is 10.8. The average molecular weight is 204 g/mol. The number of hydrogen-bond donors (Lipinski definition) is 0. The average Bonchev–Trinajstić information content (AvgIpc) is 2.68. The van der Waals surface area contributed by atoms with E-state index in [4.69, 9.17) is 0 Å². The summed E-state index contributed by atoms with van der Waals surface area (Å²) in [4.78, 5) is 0. The standard InChI is InChI=1S/C12H13FN2/c1-9(2)10-7-14-15(8-10)12-5-3-11(13)4-6-12/h3-9H,1-2H3. The van der Waals surface area contributed by atoms with E-state index in [0.29, 0.717) is 5.92 Å². The van der Waals surface area contributed by atoms with Crippen molar-refractivity contribution >= 4 is 0 Å². The van der Waals surface area contributed by atoms with Gasteiger partial charge in [0.05, 0.1) is 11.9 Å². The van der Waals surface area contributed by atoms with Gasteiger partial charge in [-0.05, 0) is 35.7 Å². The van der Waals surface area contributed by atoms with Crippen LogP contribution in [0.5, 0.6) is 0 Å². The van der Waals surface area contributed by atoms with Crippen LogP contribution in [-0.2, 0) is 0 Å². The van der Waals surface area contributed by atoms with Crippen LogP contribution in [0.15, 0.2) is 36.7 Å². The predicted octanol–water partition coefficient (Wildman–Crippen LogP) is 3.13. The van der Waals surface area contributed by atoms with E-state index in [0.717, 1.165) is 5.69 Å². The Hall–Kier alpha value is -1.64. The molecule has 0 amide bonds. The Balaban J connectivity index is 2.33. The van der Waals surface area contributed by atoms with Gasteiger partial charge in [-0.1, -0.05) is 13.8 Å². The summed E-state index contributed by atoms with van der Waals surface area (Å²) in [6, 6.07) is 6.30. The molecule has 0 spiro atoms. The molecule has 2 rings (SSSR count). The van der Waals surface area contributed by atoms with Crippen molar-refractivity contribution in [2.45, 2.75) is 19.8 Å². The van der Waals surface area contributed by atoms with Crippen LogP contribution in [0, 0.1) is 5.82 Å². The van der Waals surface area contributed by atoms with Gasteiger partial charge >= 0.3 is 0 Å². The summed E-state index contributed by atoms with van der Waals surface area (Å²) in [5.41, 5.74) is 2.06. The molecule has 1 aromatic heterocycles. The van der Waals surface area contributed by atoms with E-state index in [1.807, 2.05) is 12.4 Å². The summed E-state index contributed by atoms with van der Waals surface area (Å²) < 4.78 is 14.5. The van der Waals surface area contributed by atoms with Crippen molar-refractivity contribution in [1.82, 2.24) is 9.78 Å². The molecule has 0 aliphatic heterocycles. The highest BCUT2D eigenvalue weighted by molar-refractivity contribution is 5.31. The number of aromatic nitrogens is 2. The normalized spacial score (nSPS) is 10.9. The SMILES string of the molecule is CC(C)c1cnn(-c2ccc(F)cc2)c1. The molecule has 15 heavy (non-hydrogen) atoms. The number of nitrogens with zero attached hydrogens (tertiary/aromatic N) is 2. The molecule has 2 nitrogen and oxygen atoms in total. The lowest BCUT2D eigenvalue weighted by molar-refractivity contribution is 0.627. The lowest BCUT2D eigenvalue weighted by Gasteiger charge is -2.01. The molecule has 2 aromatic rings. The maximum atomic E-state index is 12.7. The molecule has 78 valence electrons. The first kappa shape index (κ1) is 9.90. The Morgan fingerprint density at radius 1 is 1.20 bits per heavy atom. The predicted molar refractivity (Wildman–Crippen MR) is 57.6 cm³/mol. The first-order valence-corrected chi connectivity index (χ1v) is 4.97. The van der Waals surface area contributed by atoms with Crippen LogP contribution in [0.1, 0.15) is 25.3 Å². The van der Waals surface area contributed by atoms with Gasteiger partial charge in [0.25, 0.3) is 0 Å². The minimum Gasteiger partial charge on any atom is -0.241 e. The molecular weight excluding hydrogens is 191 g/mol. The van der Waals surface area contributed by atoms with Crippen molar-refractivity contribution in [3.05, 3.63) is 48.0 Å². The summed E-state index contributed by atoms with van der Waals surface area (Å²) in [7, 11) is 0.